The third-order valence-corrected chi connectivity index (χ3v) is 3.41. The predicted octanol–water partition coefficient (Wildman–Crippen LogP) is 4.21. The lowest BCUT2D eigenvalue weighted by molar-refractivity contribution is 0.569. The van der Waals surface area contributed by atoms with Gasteiger partial charge in [-0.2, -0.15) is 0 Å². The van der Waals surface area contributed by atoms with Gasteiger partial charge in [0.2, 0.25) is 5.95 Å². The number of nitrogens with zero attached hydrogens (tertiary/aromatic N) is 3. The summed E-state index contributed by atoms with van der Waals surface area (Å²) in [5, 5.41) is 3.27. The Morgan fingerprint density at radius 1 is 0.762 bits per heavy atom. The average Bonchev–Trinajstić information content (AvgIpc) is 2.37. The number of benzene rings is 1. The quantitative estimate of drug-likeness (QED) is 0.897. The minimum Gasteiger partial charge on any atom is -0.324 e. The van der Waals surface area contributed by atoms with Gasteiger partial charge in [0.15, 0.2) is 0 Å². The van der Waals surface area contributed by atoms with E-state index in [1.807, 2.05) is 0 Å². The van der Waals surface area contributed by atoms with Crippen LogP contribution in [0.15, 0.2) is 30.9 Å². The minimum absolute atomic E-state index is 0.0940. The molecule has 0 bridgehead atoms. The first-order chi connectivity index (χ1) is 9.66. The zero-order valence-corrected chi connectivity index (χ0v) is 13.7. The van der Waals surface area contributed by atoms with Crippen molar-refractivity contribution >= 4 is 11.6 Å². The van der Waals surface area contributed by atoms with Gasteiger partial charge >= 0.3 is 0 Å². The Morgan fingerprint density at radius 3 is 1.67 bits per heavy atom. The maximum Gasteiger partial charge on any atom is 0.230 e. The number of nitrogens with one attached hydrogen (secondary N) is 1. The molecule has 2 aromatic rings. The highest BCUT2D eigenvalue weighted by molar-refractivity contribution is 5.57. The molecule has 0 atom stereocenters. The summed E-state index contributed by atoms with van der Waals surface area (Å²) in [7, 11) is 0. The first-order valence-electron chi connectivity index (χ1n) is 7.21. The summed E-state index contributed by atoms with van der Waals surface area (Å²) in [5.74, 6) is 0.566. The molecule has 112 valence electrons. The van der Waals surface area contributed by atoms with Gasteiger partial charge in [-0.15, -0.1) is 0 Å². The molecular weight excluding hydrogens is 260 g/mol. The summed E-state index contributed by atoms with van der Waals surface area (Å²) < 4.78 is 0. The predicted molar refractivity (Wildman–Crippen MR) is 87.0 cm³/mol. The first kappa shape index (κ1) is 15.4. The van der Waals surface area contributed by atoms with E-state index in [2.05, 4.69) is 80.0 Å². The second-order valence-electron chi connectivity index (χ2n) is 7.39. The van der Waals surface area contributed by atoms with Crippen molar-refractivity contribution in [3.05, 3.63) is 42.0 Å². The second-order valence-corrected chi connectivity index (χ2v) is 7.39. The fourth-order valence-corrected chi connectivity index (χ4v) is 2.00. The Morgan fingerprint density at radius 2 is 1.24 bits per heavy atom. The lowest BCUT2D eigenvalue weighted by Gasteiger charge is -2.26. The van der Waals surface area contributed by atoms with E-state index in [1.165, 1.54) is 23.8 Å². The standard InChI is InChI=1S/C17H24N4/c1-16(2,3)12-7-13(17(4,5)6)9-14(8-12)21-15-19-10-18-11-20-15/h7-11H,1-6H3,(H,18,19,20,21). The van der Waals surface area contributed by atoms with Gasteiger partial charge in [-0.25, -0.2) is 15.0 Å². The van der Waals surface area contributed by atoms with Crippen molar-refractivity contribution in [3.8, 4) is 0 Å². The molecule has 4 heteroatoms. The Balaban J connectivity index is 2.45. The molecule has 0 aliphatic heterocycles. The Kier molecular flexibility index (Phi) is 3.99. The first-order valence-corrected chi connectivity index (χ1v) is 7.21. The number of aromatic nitrogens is 3. The molecule has 0 saturated carbocycles. The third-order valence-electron chi connectivity index (χ3n) is 3.41. The molecule has 0 saturated heterocycles. The molecule has 21 heavy (non-hydrogen) atoms. The normalized spacial score (nSPS) is 12.3. The number of hydrogen-bond acceptors (Lipinski definition) is 4. The van der Waals surface area contributed by atoms with Crippen molar-refractivity contribution in [1.82, 2.24) is 15.0 Å². The molecule has 0 fully saturated rings. The summed E-state index contributed by atoms with van der Waals surface area (Å²) >= 11 is 0. The van der Waals surface area contributed by atoms with Crippen LogP contribution in [-0.4, -0.2) is 15.0 Å². The molecule has 1 aromatic carbocycles. The van der Waals surface area contributed by atoms with Gasteiger partial charge in [0.05, 0.1) is 0 Å². The molecule has 2 rings (SSSR count). The highest BCUT2D eigenvalue weighted by Crippen LogP contribution is 2.32. The summed E-state index contributed by atoms with van der Waals surface area (Å²) in [6.45, 7) is 13.3. The van der Waals surface area contributed by atoms with Crippen LogP contribution in [0.5, 0.6) is 0 Å². The van der Waals surface area contributed by atoms with Gasteiger partial charge in [0, 0.05) is 5.69 Å². The lowest BCUT2D eigenvalue weighted by atomic mass is 9.80. The fraction of sp³-hybridized carbons (Fsp3) is 0.471. The molecule has 0 spiro atoms. The van der Waals surface area contributed by atoms with E-state index in [0.717, 1.165) is 5.69 Å². The molecule has 0 radical (unpaired) electrons. The number of anilines is 2. The molecule has 0 aliphatic rings. The Hall–Kier alpha value is -1.97. The van der Waals surface area contributed by atoms with E-state index in [-0.39, 0.29) is 10.8 Å². The van der Waals surface area contributed by atoms with Crippen LogP contribution in [0.2, 0.25) is 0 Å². The molecular formula is C17H24N4. The number of rotatable bonds is 2. The van der Waals surface area contributed by atoms with E-state index in [9.17, 15) is 0 Å². The lowest BCUT2D eigenvalue weighted by Crippen LogP contribution is -2.17. The van der Waals surface area contributed by atoms with E-state index >= 15 is 0 Å². The van der Waals surface area contributed by atoms with Crippen LogP contribution < -0.4 is 5.32 Å². The molecule has 0 amide bonds. The monoisotopic (exact) mass is 284 g/mol. The van der Waals surface area contributed by atoms with Crippen molar-refractivity contribution in [3.63, 3.8) is 0 Å². The smallest absolute Gasteiger partial charge is 0.230 e. The average molecular weight is 284 g/mol. The summed E-state index contributed by atoms with van der Waals surface area (Å²) in [5.41, 5.74) is 3.80. The molecule has 0 unspecified atom stereocenters. The van der Waals surface area contributed by atoms with Gasteiger partial charge in [-0.3, -0.25) is 0 Å². The molecule has 0 aliphatic carbocycles. The topological polar surface area (TPSA) is 50.7 Å². The van der Waals surface area contributed by atoms with Crippen LogP contribution in [0.25, 0.3) is 0 Å². The Bertz CT molecular complexity index is 575. The van der Waals surface area contributed by atoms with Gasteiger partial charge in [-0.1, -0.05) is 47.6 Å². The van der Waals surface area contributed by atoms with E-state index in [4.69, 9.17) is 0 Å². The van der Waals surface area contributed by atoms with E-state index < -0.39 is 0 Å². The summed E-state index contributed by atoms with van der Waals surface area (Å²) in [6, 6.07) is 6.62. The molecule has 4 nitrogen and oxygen atoms in total. The molecule has 1 N–H and O–H groups in total. The van der Waals surface area contributed by atoms with Gasteiger partial charge in [0.25, 0.3) is 0 Å². The van der Waals surface area contributed by atoms with E-state index in [0.29, 0.717) is 5.95 Å². The van der Waals surface area contributed by atoms with E-state index in [1.54, 1.807) is 0 Å². The van der Waals surface area contributed by atoms with Crippen LogP contribution >= 0.6 is 0 Å². The van der Waals surface area contributed by atoms with Crippen LogP contribution in [0, 0.1) is 0 Å². The Labute approximate surface area is 127 Å². The maximum absolute atomic E-state index is 4.12. The van der Waals surface area contributed by atoms with Crippen LogP contribution in [0.4, 0.5) is 11.6 Å². The van der Waals surface area contributed by atoms with Crippen molar-refractivity contribution < 1.29 is 0 Å². The fourth-order valence-electron chi connectivity index (χ4n) is 2.00. The van der Waals surface area contributed by atoms with Crippen molar-refractivity contribution in [2.45, 2.75) is 52.4 Å². The highest BCUT2D eigenvalue weighted by Gasteiger charge is 2.20. The van der Waals surface area contributed by atoms with Crippen LogP contribution in [0.3, 0.4) is 0 Å². The second kappa shape index (κ2) is 5.43. The molecule has 1 heterocycles. The summed E-state index contributed by atoms with van der Waals surface area (Å²) in [4.78, 5) is 12.1. The van der Waals surface area contributed by atoms with Crippen molar-refractivity contribution in [1.29, 1.82) is 0 Å². The highest BCUT2D eigenvalue weighted by atomic mass is 15.1. The van der Waals surface area contributed by atoms with Gasteiger partial charge in [-0.05, 0) is 34.1 Å². The molecule has 1 aromatic heterocycles. The third kappa shape index (κ3) is 4.00. The number of hydrogen-bond donors (Lipinski definition) is 1. The van der Waals surface area contributed by atoms with Gasteiger partial charge < -0.3 is 5.32 Å². The zero-order chi connectivity index (χ0) is 15.7. The largest absolute Gasteiger partial charge is 0.324 e. The maximum atomic E-state index is 4.12. The van der Waals surface area contributed by atoms with Crippen LogP contribution in [-0.2, 0) is 10.8 Å². The van der Waals surface area contributed by atoms with Crippen LogP contribution in [0.1, 0.15) is 52.7 Å². The van der Waals surface area contributed by atoms with Crippen molar-refractivity contribution in [2.75, 3.05) is 5.32 Å². The minimum atomic E-state index is 0.0940. The zero-order valence-electron chi connectivity index (χ0n) is 13.7. The summed E-state index contributed by atoms with van der Waals surface area (Å²) in [6.07, 6.45) is 2.99. The van der Waals surface area contributed by atoms with Gasteiger partial charge in [0.1, 0.15) is 12.7 Å². The SMILES string of the molecule is CC(C)(C)c1cc(Nc2ncncn2)cc(C(C)(C)C)c1. The van der Waals surface area contributed by atoms with Crippen molar-refractivity contribution in [2.24, 2.45) is 0 Å².